The van der Waals surface area contributed by atoms with Crippen LogP contribution in [0.15, 0.2) is 0 Å². The molecule has 0 aromatic heterocycles. The molecule has 5 heteroatoms. The first kappa shape index (κ1) is 15.9. The van der Waals surface area contributed by atoms with Gasteiger partial charge in [-0.15, -0.1) is 0 Å². The van der Waals surface area contributed by atoms with Crippen LogP contribution in [0.5, 0.6) is 0 Å². The van der Waals surface area contributed by atoms with Crippen molar-refractivity contribution in [3.63, 3.8) is 0 Å². The quantitative estimate of drug-likeness (QED) is 0.605. The minimum Gasteiger partial charge on any atom is -0.355 e. The number of hydrogen-bond donors (Lipinski definition) is 2. The molecule has 0 heterocycles. The molecule has 0 aliphatic heterocycles. The Morgan fingerprint density at radius 1 is 1.24 bits per heavy atom. The number of carbonyl (C=O) groups excluding carboxylic acids is 2. The van der Waals surface area contributed by atoms with E-state index in [4.69, 9.17) is 0 Å². The van der Waals surface area contributed by atoms with Gasteiger partial charge in [0.2, 0.25) is 11.8 Å². The minimum absolute atomic E-state index is 0.0192. The highest BCUT2D eigenvalue weighted by atomic mass is 16.2. The monoisotopic (exact) mass is 243 g/mol. The molecule has 17 heavy (non-hydrogen) atoms. The molecular formula is C12H25N3O2. The van der Waals surface area contributed by atoms with Crippen molar-refractivity contribution in [2.75, 3.05) is 27.2 Å². The summed E-state index contributed by atoms with van der Waals surface area (Å²) in [6.45, 7) is 5.24. The molecule has 1 unspecified atom stereocenters. The van der Waals surface area contributed by atoms with Crippen molar-refractivity contribution in [3.05, 3.63) is 0 Å². The summed E-state index contributed by atoms with van der Waals surface area (Å²) >= 11 is 0. The first-order valence-electron chi connectivity index (χ1n) is 6.20. The van der Waals surface area contributed by atoms with Gasteiger partial charge in [-0.1, -0.05) is 6.92 Å². The largest absolute Gasteiger partial charge is 0.355 e. The summed E-state index contributed by atoms with van der Waals surface area (Å²) in [5.74, 6) is 0.140. The van der Waals surface area contributed by atoms with Crippen molar-refractivity contribution in [1.29, 1.82) is 0 Å². The molecule has 2 amide bonds. The smallest absolute Gasteiger partial charge is 0.236 e. The van der Waals surface area contributed by atoms with Crippen molar-refractivity contribution < 1.29 is 9.59 Å². The summed E-state index contributed by atoms with van der Waals surface area (Å²) in [4.78, 5) is 24.4. The molecule has 0 aromatic carbocycles. The van der Waals surface area contributed by atoms with Crippen LogP contribution < -0.4 is 10.6 Å². The van der Waals surface area contributed by atoms with Crippen molar-refractivity contribution in [1.82, 2.24) is 15.5 Å². The Morgan fingerprint density at radius 2 is 1.88 bits per heavy atom. The van der Waals surface area contributed by atoms with Crippen molar-refractivity contribution in [2.24, 2.45) is 0 Å². The molecule has 5 nitrogen and oxygen atoms in total. The Morgan fingerprint density at radius 3 is 2.41 bits per heavy atom. The Kier molecular flexibility index (Phi) is 8.40. The van der Waals surface area contributed by atoms with Crippen LogP contribution in [0.3, 0.4) is 0 Å². The molecule has 0 bridgehead atoms. The molecule has 0 radical (unpaired) electrons. The topological polar surface area (TPSA) is 61.4 Å². The SMILES string of the molecule is CCCNC(=O)C(C)NCCCC(=O)N(C)C. The van der Waals surface area contributed by atoms with Crippen molar-refractivity contribution in [2.45, 2.75) is 39.2 Å². The van der Waals surface area contributed by atoms with E-state index in [9.17, 15) is 9.59 Å². The third kappa shape index (κ3) is 7.74. The normalized spacial score (nSPS) is 12.0. The van der Waals surface area contributed by atoms with E-state index in [1.807, 2.05) is 13.8 Å². The number of nitrogens with one attached hydrogen (secondary N) is 2. The number of carbonyl (C=O) groups is 2. The number of amides is 2. The van der Waals surface area contributed by atoms with Gasteiger partial charge in [-0.25, -0.2) is 0 Å². The molecule has 0 aromatic rings. The van der Waals surface area contributed by atoms with Gasteiger partial charge in [-0.3, -0.25) is 9.59 Å². The lowest BCUT2D eigenvalue weighted by Crippen LogP contribution is -2.42. The zero-order valence-electron chi connectivity index (χ0n) is 11.4. The van der Waals surface area contributed by atoms with Gasteiger partial charge in [0.05, 0.1) is 6.04 Å². The van der Waals surface area contributed by atoms with E-state index in [0.29, 0.717) is 19.5 Å². The Balaban J connectivity index is 3.60. The van der Waals surface area contributed by atoms with Gasteiger partial charge in [-0.2, -0.15) is 0 Å². The Labute approximate surface area is 104 Å². The molecular weight excluding hydrogens is 218 g/mol. The maximum absolute atomic E-state index is 11.5. The van der Waals surface area contributed by atoms with Crippen LogP contribution in [0, 0.1) is 0 Å². The van der Waals surface area contributed by atoms with Gasteiger partial charge in [0, 0.05) is 27.1 Å². The highest BCUT2D eigenvalue weighted by Crippen LogP contribution is 1.93. The predicted molar refractivity (Wildman–Crippen MR) is 68.7 cm³/mol. The highest BCUT2D eigenvalue weighted by Gasteiger charge is 2.11. The van der Waals surface area contributed by atoms with E-state index in [1.54, 1.807) is 19.0 Å². The maximum atomic E-state index is 11.5. The van der Waals surface area contributed by atoms with E-state index >= 15 is 0 Å². The minimum atomic E-state index is -0.198. The zero-order chi connectivity index (χ0) is 13.3. The van der Waals surface area contributed by atoms with Crippen LogP contribution in [0.1, 0.15) is 33.1 Å². The summed E-state index contributed by atoms with van der Waals surface area (Å²) in [5, 5.41) is 5.93. The number of rotatable bonds is 8. The lowest BCUT2D eigenvalue weighted by molar-refractivity contribution is -0.128. The average Bonchev–Trinajstić information content (AvgIpc) is 2.30. The molecule has 0 aliphatic rings. The fourth-order valence-electron chi connectivity index (χ4n) is 1.28. The van der Waals surface area contributed by atoms with Gasteiger partial charge < -0.3 is 15.5 Å². The van der Waals surface area contributed by atoms with Gasteiger partial charge in [0.15, 0.2) is 0 Å². The van der Waals surface area contributed by atoms with Crippen LogP contribution >= 0.6 is 0 Å². The molecule has 1 atom stereocenters. The third-order valence-electron chi connectivity index (χ3n) is 2.46. The molecule has 2 N–H and O–H groups in total. The fourth-order valence-corrected chi connectivity index (χ4v) is 1.28. The van der Waals surface area contributed by atoms with Crippen LogP contribution in [-0.2, 0) is 9.59 Å². The summed E-state index contributed by atoms with van der Waals surface area (Å²) in [7, 11) is 3.49. The number of hydrogen-bond acceptors (Lipinski definition) is 3. The average molecular weight is 243 g/mol. The predicted octanol–water partition coefficient (Wildman–Crippen LogP) is 0.359. The van der Waals surface area contributed by atoms with E-state index in [2.05, 4.69) is 10.6 Å². The van der Waals surface area contributed by atoms with Crippen LogP contribution in [0.2, 0.25) is 0 Å². The number of nitrogens with zero attached hydrogens (tertiary/aromatic N) is 1. The molecule has 0 rings (SSSR count). The lowest BCUT2D eigenvalue weighted by Gasteiger charge is -2.14. The molecule has 0 spiro atoms. The summed E-state index contributed by atoms with van der Waals surface area (Å²) in [6, 6.07) is -0.198. The van der Waals surface area contributed by atoms with E-state index in [0.717, 1.165) is 12.8 Å². The molecule has 0 saturated heterocycles. The second-order valence-corrected chi connectivity index (χ2v) is 4.36. The summed E-state index contributed by atoms with van der Waals surface area (Å²) < 4.78 is 0. The first-order chi connectivity index (χ1) is 7.99. The Bertz CT molecular complexity index is 242. The van der Waals surface area contributed by atoms with Crippen LogP contribution in [0.25, 0.3) is 0 Å². The molecule has 0 saturated carbocycles. The highest BCUT2D eigenvalue weighted by molar-refractivity contribution is 5.81. The van der Waals surface area contributed by atoms with Crippen LogP contribution in [0.4, 0.5) is 0 Å². The third-order valence-corrected chi connectivity index (χ3v) is 2.46. The standard InChI is InChI=1S/C12H25N3O2/c1-5-8-14-12(17)10(2)13-9-6-7-11(16)15(3)4/h10,13H,5-9H2,1-4H3,(H,14,17). The zero-order valence-corrected chi connectivity index (χ0v) is 11.4. The van der Waals surface area contributed by atoms with E-state index in [-0.39, 0.29) is 17.9 Å². The summed E-state index contributed by atoms with van der Waals surface area (Å²) in [5.41, 5.74) is 0. The summed E-state index contributed by atoms with van der Waals surface area (Å²) in [6.07, 6.45) is 2.21. The van der Waals surface area contributed by atoms with Crippen molar-refractivity contribution >= 4 is 11.8 Å². The first-order valence-corrected chi connectivity index (χ1v) is 6.20. The fraction of sp³-hybridized carbons (Fsp3) is 0.833. The maximum Gasteiger partial charge on any atom is 0.236 e. The van der Waals surface area contributed by atoms with Crippen LogP contribution in [-0.4, -0.2) is 49.9 Å². The van der Waals surface area contributed by atoms with Crippen molar-refractivity contribution in [3.8, 4) is 0 Å². The van der Waals surface area contributed by atoms with E-state index < -0.39 is 0 Å². The Hall–Kier alpha value is -1.10. The lowest BCUT2D eigenvalue weighted by atomic mass is 10.2. The van der Waals surface area contributed by atoms with Gasteiger partial charge in [0.1, 0.15) is 0 Å². The second kappa shape index (κ2) is 8.98. The van der Waals surface area contributed by atoms with E-state index in [1.165, 1.54) is 0 Å². The molecule has 0 aliphatic carbocycles. The van der Waals surface area contributed by atoms with Gasteiger partial charge >= 0.3 is 0 Å². The van der Waals surface area contributed by atoms with Gasteiger partial charge in [0.25, 0.3) is 0 Å². The second-order valence-electron chi connectivity index (χ2n) is 4.36. The molecule has 100 valence electrons. The van der Waals surface area contributed by atoms with Gasteiger partial charge in [-0.05, 0) is 26.3 Å². The molecule has 0 fully saturated rings.